The third kappa shape index (κ3) is 3.88. The van der Waals surface area contributed by atoms with Crippen molar-refractivity contribution in [1.29, 1.82) is 0 Å². The summed E-state index contributed by atoms with van der Waals surface area (Å²) in [6.45, 7) is 5.72. The van der Waals surface area contributed by atoms with E-state index in [1.54, 1.807) is 6.07 Å². The summed E-state index contributed by atoms with van der Waals surface area (Å²) >= 11 is 12.3. The quantitative estimate of drug-likeness (QED) is 0.505. The topological polar surface area (TPSA) is 38.1 Å². The Morgan fingerprint density at radius 1 is 1.24 bits per heavy atom. The van der Waals surface area contributed by atoms with E-state index in [2.05, 4.69) is 17.6 Å². The van der Waals surface area contributed by atoms with Gasteiger partial charge < -0.3 is 9.47 Å². The van der Waals surface area contributed by atoms with Crippen LogP contribution in [-0.2, 0) is 17.8 Å². The number of benzene rings is 2. The van der Waals surface area contributed by atoms with Crippen LogP contribution in [-0.4, -0.2) is 26.9 Å². The molecule has 1 aliphatic rings. The molecule has 1 amide bonds. The largest absolute Gasteiger partial charge is 0.332 e. The first-order valence-electron chi connectivity index (χ1n) is 10.2. The fraction of sp³-hybridized carbons (Fsp3) is 0.391. The zero-order valence-electron chi connectivity index (χ0n) is 16.7. The summed E-state index contributed by atoms with van der Waals surface area (Å²) in [6.07, 6.45) is 2.55. The SMILES string of the molecule is CCn1c(C2CCCN2C(=O)C(C)Cc2ccc(Cl)cc2Cl)nc2ccccc21. The molecule has 152 valence electrons. The third-order valence-corrected chi connectivity index (χ3v) is 6.38. The number of carbonyl (C=O) groups is 1. The standard InChI is InChI=1S/C23H25Cl2N3O/c1-3-27-20-8-5-4-7-19(20)26-22(27)21-9-6-12-28(21)23(29)15(2)13-16-10-11-17(24)14-18(16)25/h4-5,7-8,10-11,14-15,21H,3,6,9,12-13H2,1-2H3. The summed E-state index contributed by atoms with van der Waals surface area (Å²) in [7, 11) is 0. The van der Waals surface area contributed by atoms with Crippen LogP contribution < -0.4 is 0 Å². The summed E-state index contributed by atoms with van der Waals surface area (Å²) in [4.78, 5) is 20.3. The van der Waals surface area contributed by atoms with Crippen molar-refractivity contribution in [3.63, 3.8) is 0 Å². The Labute approximate surface area is 181 Å². The second-order valence-corrected chi connectivity index (χ2v) is 8.58. The normalized spacial score (nSPS) is 17.8. The molecule has 0 spiro atoms. The van der Waals surface area contributed by atoms with E-state index in [0.717, 1.165) is 48.4 Å². The van der Waals surface area contributed by atoms with Crippen LogP contribution in [0.15, 0.2) is 42.5 Å². The van der Waals surface area contributed by atoms with Crippen LogP contribution in [0.1, 0.15) is 44.1 Å². The number of aryl methyl sites for hydroxylation is 1. The van der Waals surface area contributed by atoms with Gasteiger partial charge in [-0.3, -0.25) is 4.79 Å². The van der Waals surface area contributed by atoms with E-state index in [1.807, 2.05) is 42.2 Å². The van der Waals surface area contributed by atoms with Crippen molar-refractivity contribution < 1.29 is 4.79 Å². The Kier molecular flexibility index (Phi) is 5.84. The number of nitrogens with zero attached hydrogens (tertiary/aromatic N) is 3. The molecule has 4 nitrogen and oxygen atoms in total. The van der Waals surface area contributed by atoms with Crippen molar-refractivity contribution in [2.75, 3.05) is 6.54 Å². The predicted octanol–water partition coefficient (Wildman–Crippen LogP) is 5.91. The van der Waals surface area contributed by atoms with Gasteiger partial charge in [0.15, 0.2) is 0 Å². The second-order valence-electron chi connectivity index (χ2n) is 7.73. The fourth-order valence-corrected chi connectivity index (χ4v) is 4.85. The van der Waals surface area contributed by atoms with Crippen LogP contribution in [0.25, 0.3) is 11.0 Å². The van der Waals surface area contributed by atoms with Gasteiger partial charge in [-0.05, 0) is 56.0 Å². The molecule has 0 N–H and O–H groups in total. The molecular formula is C23H25Cl2N3O. The Hall–Kier alpha value is -2.04. The minimum absolute atomic E-state index is 0.0259. The molecule has 2 heterocycles. The van der Waals surface area contributed by atoms with Crippen molar-refractivity contribution in [2.45, 2.75) is 45.7 Å². The van der Waals surface area contributed by atoms with Gasteiger partial charge >= 0.3 is 0 Å². The van der Waals surface area contributed by atoms with Gasteiger partial charge in [-0.1, -0.05) is 48.3 Å². The lowest BCUT2D eigenvalue weighted by molar-refractivity contribution is -0.136. The number of fused-ring (bicyclic) bond motifs is 1. The number of carbonyl (C=O) groups excluding carboxylic acids is 1. The van der Waals surface area contributed by atoms with Gasteiger partial charge in [-0.15, -0.1) is 0 Å². The molecule has 3 aromatic rings. The lowest BCUT2D eigenvalue weighted by Gasteiger charge is -2.28. The van der Waals surface area contributed by atoms with Crippen LogP contribution in [0.5, 0.6) is 0 Å². The van der Waals surface area contributed by atoms with Gasteiger partial charge in [0.2, 0.25) is 5.91 Å². The molecular weight excluding hydrogens is 405 g/mol. The van der Waals surface area contributed by atoms with E-state index in [-0.39, 0.29) is 17.9 Å². The summed E-state index contributed by atoms with van der Waals surface area (Å²) < 4.78 is 2.24. The smallest absolute Gasteiger partial charge is 0.226 e. The number of rotatable bonds is 5. The van der Waals surface area contributed by atoms with Crippen LogP contribution in [0, 0.1) is 5.92 Å². The first-order chi connectivity index (χ1) is 14.0. The number of amides is 1. The Morgan fingerprint density at radius 3 is 2.79 bits per heavy atom. The van der Waals surface area contributed by atoms with Gasteiger partial charge in [0, 0.05) is 29.1 Å². The average molecular weight is 430 g/mol. The predicted molar refractivity (Wildman–Crippen MR) is 118 cm³/mol. The zero-order chi connectivity index (χ0) is 20.5. The molecule has 0 aliphatic carbocycles. The van der Waals surface area contributed by atoms with Gasteiger partial charge in [-0.2, -0.15) is 0 Å². The average Bonchev–Trinajstić information content (AvgIpc) is 3.33. The van der Waals surface area contributed by atoms with E-state index in [1.165, 1.54) is 0 Å². The number of hydrogen-bond acceptors (Lipinski definition) is 2. The van der Waals surface area contributed by atoms with E-state index in [0.29, 0.717) is 16.5 Å². The molecule has 1 saturated heterocycles. The van der Waals surface area contributed by atoms with Crippen molar-refractivity contribution >= 4 is 40.1 Å². The van der Waals surface area contributed by atoms with Gasteiger partial charge in [-0.25, -0.2) is 4.98 Å². The molecule has 0 bridgehead atoms. The van der Waals surface area contributed by atoms with Crippen molar-refractivity contribution in [1.82, 2.24) is 14.5 Å². The summed E-state index contributed by atoms with van der Waals surface area (Å²) in [5, 5.41) is 1.22. The Bertz CT molecular complexity index is 1050. The summed E-state index contributed by atoms with van der Waals surface area (Å²) in [5.74, 6) is 0.998. The highest BCUT2D eigenvalue weighted by Gasteiger charge is 2.35. The molecule has 1 aliphatic heterocycles. The minimum atomic E-state index is -0.159. The number of likely N-dealkylation sites (tertiary alicyclic amines) is 1. The van der Waals surface area contributed by atoms with E-state index in [9.17, 15) is 4.79 Å². The monoisotopic (exact) mass is 429 g/mol. The molecule has 2 unspecified atom stereocenters. The molecule has 0 radical (unpaired) electrons. The maximum atomic E-state index is 13.3. The lowest BCUT2D eigenvalue weighted by atomic mass is 9.99. The Balaban J connectivity index is 1.59. The second kappa shape index (κ2) is 8.37. The van der Waals surface area contributed by atoms with E-state index < -0.39 is 0 Å². The molecule has 4 rings (SSSR count). The zero-order valence-corrected chi connectivity index (χ0v) is 18.2. The number of halogens is 2. The summed E-state index contributed by atoms with van der Waals surface area (Å²) in [5.41, 5.74) is 3.07. The van der Waals surface area contributed by atoms with E-state index in [4.69, 9.17) is 28.2 Å². The number of hydrogen-bond donors (Lipinski definition) is 0. The number of aromatic nitrogens is 2. The lowest BCUT2D eigenvalue weighted by Crippen LogP contribution is -2.36. The first kappa shape index (κ1) is 20.2. The third-order valence-electron chi connectivity index (χ3n) is 5.80. The minimum Gasteiger partial charge on any atom is -0.332 e. The van der Waals surface area contributed by atoms with Crippen molar-refractivity contribution in [2.24, 2.45) is 5.92 Å². The van der Waals surface area contributed by atoms with E-state index >= 15 is 0 Å². The number of para-hydroxylation sites is 2. The highest BCUT2D eigenvalue weighted by molar-refractivity contribution is 6.35. The van der Waals surface area contributed by atoms with Crippen molar-refractivity contribution in [3.05, 3.63) is 63.9 Å². The molecule has 29 heavy (non-hydrogen) atoms. The van der Waals surface area contributed by atoms with Gasteiger partial charge in [0.1, 0.15) is 5.82 Å². The van der Waals surface area contributed by atoms with Crippen LogP contribution >= 0.6 is 23.2 Å². The first-order valence-corrected chi connectivity index (χ1v) is 10.9. The highest BCUT2D eigenvalue weighted by Crippen LogP contribution is 2.35. The highest BCUT2D eigenvalue weighted by atomic mass is 35.5. The molecule has 1 fully saturated rings. The molecule has 2 atom stereocenters. The number of imidazole rings is 1. The Morgan fingerprint density at radius 2 is 2.03 bits per heavy atom. The maximum absolute atomic E-state index is 13.3. The molecule has 0 saturated carbocycles. The molecule has 1 aromatic heterocycles. The van der Waals surface area contributed by atoms with Crippen LogP contribution in [0.4, 0.5) is 0 Å². The van der Waals surface area contributed by atoms with Crippen molar-refractivity contribution in [3.8, 4) is 0 Å². The fourth-order valence-electron chi connectivity index (χ4n) is 4.37. The van der Waals surface area contributed by atoms with Gasteiger partial charge in [0.05, 0.1) is 17.1 Å². The van der Waals surface area contributed by atoms with Gasteiger partial charge in [0.25, 0.3) is 0 Å². The molecule has 2 aromatic carbocycles. The van der Waals surface area contributed by atoms with Crippen LogP contribution in [0.3, 0.4) is 0 Å². The van der Waals surface area contributed by atoms with Crippen LogP contribution in [0.2, 0.25) is 10.0 Å². The molecule has 6 heteroatoms. The summed E-state index contributed by atoms with van der Waals surface area (Å²) in [6, 6.07) is 13.7. The maximum Gasteiger partial charge on any atom is 0.226 e.